The maximum atomic E-state index is 5.95. The maximum Gasteiger partial charge on any atom is 0.217 e. The normalized spacial score (nSPS) is 29.1. The molecule has 1 aliphatic rings. The van der Waals surface area contributed by atoms with Crippen molar-refractivity contribution in [3.05, 3.63) is 16.5 Å². The van der Waals surface area contributed by atoms with E-state index in [1.54, 1.807) is 0 Å². The fraction of sp³-hybridized carbons (Fsp3) is 0.692. The van der Waals surface area contributed by atoms with Gasteiger partial charge in [-0.15, -0.1) is 0 Å². The molecule has 3 nitrogen and oxygen atoms in total. The minimum Gasteiger partial charge on any atom is -0.474 e. The summed E-state index contributed by atoms with van der Waals surface area (Å²) in [6.45, 7) is 6.51. The largest absolute Gasteiger partial charge is 0.474 e. The first-order valence-electron chi connectivity index (χ1n) is 6.22. The summed E-state index contributed by atoms with van der Waals surface area (Å²) in [5, 5.41) is 0. The summed E-state index contributed by atoms with van der Waals surface area (Å²) in [6, 6.07) is 1.84. The van der Waals surface area contributed by atoms with Gasteiger partial charge in [-0.05, 0) is 54.0 Å². The second-order valence-corrected chi connectivity index (χ2v) is 5.90. The van der Waals surface area contributed by atoms with Crippen molar-refractivity contribution in [2.45, 2.75) is 46.1 Å². The van der Waals surface area contributed by atoms with E-state index in [0.29, 0.717) is 12.0 Å². The van der Waals surface area contributed by atoms with Crippen LogP contribution in [0.15, 0.2) is 10.7 Å². The highest BCUT2D eigenvalue weighted by Gasteiger charge is 2.26. The first kappa shape index (κ1) is 12.8. The molecule has 0 spiro atoms. The van der Waals surface area contributed by atoms with E-state index in [4.69, 9.17) is 4.74 Å². The van der Waals surface area contributed by atoms with Gasteiger partial charge < -0.3 is 4.74 Å². The van der Waals surface area contributed by atoms with Crippen LogP contribution in [0.2, 0.25) is 0 Å². The van der Waals surface area contributed by atoms with Crippen molar-refractivity contribution >= 4 is 15.9 Å². The van der Waals surface area contributed by atoms with E-state index in [2.05, 4.69) is 39.7 Å². The van der Waals surface area contributed by atoms with E-state index in [1.165, 1.54) is 6.42 Å². The van der Waals surface area contributed by atoms with Crippen molar-refractivity contribution in [3.63, 3.8) is 0 Å². The second-order valence-electron chi connectivity index (χ2n) is 5.08. The second kappa shape index (κ2) is 5.34. The molecule has 0 bridgehead atoms. The fourth-order valence-corrected chi connectivity index (χ4v) is 2.79. The number of halogens is 1. The third-order valence-corrected chi connectivity index (χ3v) is 4.03. The lowest BCUT2D eigenvalue weighted by Gasteiger charge is -2.31. The Hall–Kier alpha value is -0.640. The number of nitrogens with zero attached hydrogens (tertiary/aromatic N) is 2. The van der Waals surface area contributed by atoms with Gasteiger partial charge in [0.05, 0.1) is 0 Å². The zero-order valence-corrected chi connectivity index (χ0v) is 12.2. The van der Waals surface area contributed by atoms with Crippen molar-refractivity contribution < 1.29 is 4.74 Å². The number of rotatable bonds is 2. The Morgan fingerprint density at radius 3 is 2.65 bits per heavy atom. The van der Waals surface area contributed by atoms with Crippen molar-refractivity contribution in [1.82, 2.24) is 9.97 Å². The minimum absolute atomic E-state index is 0.308. The average molecular weight is 299 g/mol. The van der Waals surface area contributed by atoms with Gasteiger partial charge in [-0.1, -0.05) is 13.8 Å². The summed E-state index contributed by atoms with van der Waals surface area (Å²) in [4.78, 5) is 8.49. The molecule has 1 aromatic heterocycles. The van der Waals surface area contributed by atoms with Crippen LogP contribution in [-0.4, -0.2) is 16.1 Å². The van der Waals surface area contributed by atoms with E-state index in [0.717, 1.165) is 35.1 Å². The molecule has 0 amide bonds. The van der Waals surface area contributed by atoms with Crippen LogP contribution in [0.4, 0.5) is 0 Å². The van der Waals surface area contributed by atoms with Crippen molar-refractivity contribution in [1.29, 1.82) is 0 Å². The Bertz CT molecular complexity index is 377. The Morgan fingerprint density at radius 1 is 1.24 bits per heavy atom. The van der Waals surface area contributed by atoms with Crippen molar-refractivity contribution in [2.24, 2.45) is 11.8 Å². The van der Waals surface area contributed by atoms with E-state index < -0.39 is 0 Å². The van der Waals surface area contributed by atoms with Gasteiger partial charge in [0.15, 0.2) is 0 Å². The number of aromatic nitrogens is 2. The van der Waals surface area contributed by atoms with E-state index in [1.807, 2.05) is 13.0 Å². The molecule has 3 unspecified atom stereocenters. The molecular weight excluding hydrogens is 280 g/mol. The van der Waals surface area contributed by atoms with Crippen LogP contribution in [0.5, 0.6) is 5.88 Å². The van der Waals surface area contributed by atoms with Gasteiger partial charge in [0.1, 0.15) is 16.5 Å². The quantitative estimate of drug-likeness (QED) is 0.780. The van der Waals surface area contributed by atoms with Gasteiger partial charge in [-0.3, -0.25) is 0 Å². The molecule has 0 radical (unpaired) electrons. The lowest BCUT2D eigenvalue weighted by atomic mass is 9.80. The van der Waals surface area contributed by atoms with E-state index >= 15 is 0 Å². The number of hydrogen-bond donors (Lipinski definition) is 0. The maximum absolute atomic E-state index is 5.95. The highest BCUT2D eigenvalue weighted by atomic mass is 79.9. The molecule has 3 atom stereocenters. The third-order valence-electron chi connectivity index (χ3n) is 3.62. The Balaban J connectivity index is 2.01. The zero-order valence-electron chi connectivity index (χ0n) is 10.6. The van der Waals surface area contributed by atoms with Crippen LogP contribution < -0.4 is 4.74 Å². The van der Waals surface area contributed by atoms with Crippen molar-refractivity contribution in [2.75, 3.05) is 0 Å². The number of hydrogen-bond acceptors (Lipinski definition) is 3. The summed E-state index contributed by atoms with van der Waals surface area (Å²) in [5.41, 5.74) is 0. The van der Waals surface area contributed by atoms with Crippen LogP contribution in [0.25, 0.3) is 0 Å². The first-order chi connectivity index (χ1) is 8.04. The first-order valence-corrected chi connectivity index (χ1v) is 7.01. The van der Waals surface area contributed by atoms with Gasteiger partial charge in [-0.2, -0.15) is 4.98 Å². The topological polar surface area (TPSA) is 35.0 Å². The molecule has 4 heteroatoms. The van der Waals surface area contributed by atoms with Crippen LogP contribution >= 0.6 is 15.9 Å². The monoisotopic (exact) mass is 298 g/mol. The van der Waals surface area contributed by atoms with Gasteiger partial charge in [0, 0.05) is 6.07 Å². The van der Waals surface area contributed by atoms with Gasteiger partial charge >= 0.3 is 0 Å². The Labute approximate surface area is 111 Å². The molecule has 94 valence electrons. The summed E-state index contributed by atoms with van der Waals surface area (Å²) in [7, 11) is 0. The molecule has 2 rings (SSSR count). The predicted octanol–water partition coefficient (Wildman–Crippen LogP) is 3.75. The standard InChI is InChI=1S/C13H19BrN2O/c1-8-4-5-11(6-9(8)2)17-13-7-12(14)15-10(3)16-13/h7-9,11H,4-6H2,1-3H3. The molecule has 0 aromatic carbocycles. The predicted molar refractivity (Wildman–Crippen MR) is 71.1 cm³/mol. The fourth-order valence-electron chi connectivity index (χ4n) is 2.34. The summed E-state index contributed by atoms with van der Waals surface area (Å²) < 4.78 is 6.74. The summed E-state index contributed by atoms with van der Waals surface area (Å²) >= 11 is 3.37. The molecule has 1 saturated carbocycles. The molecule has 0 aliphatic heterocycles. The van der Waals surface area contributed by atoms with Crippen LogP contribution in [0.1, 0.15) is 38.9 Å². The van der Waals surface area contributed by atoms with Gasteiger partial charge in [0.2, 0.25) is 5.88 Å². The van der Waals surface area contributed by atoms with Crippen LogP contribution in [0, 0.1) is 18.8 Å². The van der Waals surface area contributed by atoms with Crippen LogP contribution in [-0.2, 0) is 0 Å². The average Bonchev–Trinajstić information content (AvgIpc) is 2.22. The van der Waals surface area contributed by atoms with Crippen LogP contribution in [0.3, 0.4) is 0 Å². The third kappa shape index (κ3) is 3.41. The minimum atomic E-state index is 0.308. The van der Waals surface area contributed by atoms with Gasteiger partial charge in [0.25, 0.3) is 0 Å². The highest BCUT2D eigenvalue weighted by molar-refractivity contribution is 9.10. The summed E-state index contributed by atoms with van der Waals surface area (Å²) in [5.74, 6) is 2.98. The lowest BCUT2D eigenvalue weighted by Crippen LogP contribution is -2.29. The SMILES string of the molecule is Cc1nc(Br)cc(OC2CCC(C)C(C)C2)n1. The van der Waals surface area contributed by atoms with E-state index in [9.17, 15) is 0 Å². The molecule has 1 heterocycles. The molecule has 0 N–H and O–H groups in total. The Morgan fingerprint density at radius 2 is 2.00 bits per heavy atom. The smallest absolute Gasteiger partial charge is 0.217 e. The molecule has 1 fully saturated rings. The number of aryl methyl sites for hydroxylation is 1. The number of ether oxygens (including phenoxy) is 1. The molecular formula is C13H19BrN2O. The summed E-state index contributed by atoms with van der Waals surface area (Å²) in [6.07, 6.45) is 3.81. The lowest BCUT2D eigenvalue weighted by molar-refractivity contribution is 0.0961. The Kier molecular flexibility index (Phi) is 4.02. The molecule has 0 saturated heterocycles. The zero-order chi connectivity index (χ0) is 12.4. The van der Waals surface area contributed by atoms with Gasteiger partial charge in [-0.25, -0.2) is 4.98 Å². The highest BCUT2D eigenvalue weighted by Crippen LogP contribution is 2.31. The molecule has 1 aromatic rings. The van der Waals surface area contributed by atoms with Crippen molar-refractivity contribution in [3.8, 4) is 5.88 Å². The molecule has 1 aliphatic carbocycles. The van der Waals surface area contributed by atoms with E-state index in [-0.39, 0.29) is 0 Å². The molecule has 17 heavy (non-hydrogen) atoms.